The highest BCUT2D eigenvalue weighted by molar-refractivity contribution is 6.30. The lowest BCUT2D eigenvalue weighted by molar-refractivity contribution is -0.128. The number of benzene rings is 1. The highest BCUT2D eigenvalue weighted by Crippen LogP contribution is 2.38. The maximum absolute atomic E-state index is 14.0. The quantitative estimate of drug-likeness (QED) is 0.506. The first-order chi connectivity index (χ1) is 15.9. The molecular weight excluding hydrogens is 443 g/mol. The Bertz CT molecular complexity index is 936. The number of rotatable bonds is 6. The monoisotopic (exact) mass is 474 g/mol. The molecule has 33 heavy (non-hydrogen) atoms. The molecule has 5 rings (SSSR count). The van der Waals surface area contributed by atoms with Crippen molar-refractivity contribution in [3.05, 3.63) is 29.0 Å². The Hall–Kier alpha value is -1.92. The number of halogens is 2. The minimum Gasteiger partial charge on any atom is -0.368 e. The fraction of sp³-hybridized carbons (Fsp3) is 0.667. The highest BCUT2D eigenvalue weighted by atomic mass is 35.5. The molecule has 178 valence electrons. The van der Waals surface area contributed by atoms with Crippen LogP contribution in [0, 0.1) is 34.9 Å². The average molecular weight is 475 g/mol. The van der Waals surface area contributed by atoms with E-state index in [1.54, 1.807) is 6.07 Å². The zero-order valence-corrected chi connectivity index (χ0v) is 19.6. The molecule has 2 saturated heterocycles. The first kappa shape index (κ1) is 22.9. The van der Waals surface area contributed by atoms with E-state index in [0.717, 1.165) is 31.6 Å². The Labute approximate surface area is 199 Å². The van der Waals surface area contributed by atoms with Crippen molar-refractivity contribution in [1.82, 2.24) is 21.1 Å². The first-order valence-electron chi connectivity index (χ1n) is 12.1. The van der Waals surface area contributed by atoms with Crippen LogP contribution in [-0.2, 0) is 4.79 Å². The molecule has 1 aromatic carbocycles. The third-order valence-electron chi connectivity index (χ3n) is 7.87. The van der Waals surface area contributed by atoms with Crippen LogP contribution in [0.3, 0.4) is 0 Å². The van der Waals surface area contributed by atoms with Gasteiger partial charge in [-0.1, -0.05) is 11.6 Å². The summed E-state index contributed by atoms with van der Waals surface area (Å²) >= 11 is 5.83. The molecule has 9 heteroatoms. The zero-order chi connectivity index (χ0) is 23.1. The van der Waals surface area contributed by atoms with Gasteiger partial charge in [0.15, 0.2) is 0 Å². The van der Waals surface area contributed by atoms with Crippen LogP contribution in [0.4, 0.5) is 10.1 Å². The fourth-order valence-corrected chi connectivity index (χ4v) is 6.07. The molecule has 1 amide bonds. The average Bonchev–Trinajstić information content (AvgIpc) is 3.59. The number of fused-ring (bicyclic) bond motifs is 1. The summed E-state index contributed by atoms with van der Waals surface area (Å²) in [5.41, 5.74) is 4.06. The van der Waals surface area contributed by atoms with Gasteiger partial charge in [0.25, 0.3) is 0 Å². The van der Waals surface area contributed by atoms with Gasteiger partial charge in [-0.05, 0) is 69.6 Å². The van der Waals surface area contributed by atoms with Crippen molar-refractivity contribution in [3.63, 3.8) is 0 Å². The van der Waals surface area contributed by atoms with E-state index in [2.05, 4.69) is 39.4 Å². The first-order valence-corrected chi connectivity index (χ1v) is 12.5. The van der Waals surface area contributed by atoms with Gasteiger partial charge >= 0.3 is 0 Å². The summed E-state index contributed by atoms with van der Waals surface area (Å²) in [6, 6.07) is 8.02. The maximum atomic E-state index is 14.0. The number of nitriles is 1. The molecule has 0 bridgehead atoms. The molecule has 0 radical (unpaired) electrons. The Morgan fingerprint density at radius 2 is 2.06 bits per heavy atom. The third kappa shape index (κ3) is 4.69. The predicted molar refractivity (Wildman–Crippen MR) is 125 cm³/mol. The summed E-state index contributed by atoms with van der Waals surface area (Å²) in [5.74, 6) is -0.183. The zero-order valence-electron chi connectivity index (χ0n) is 18.9. The number of amides is 1. The van der Waals surface area contributed by atoms with Gasteiger partial charge in [-0.3, -0.25) is 4.79 Å². The number of hydrazine groups is 1. The standard InChI is InChI=1S/C24H32ClFN6O/c1-13(14-2-3-14)29-16-5-7-20(15(10-16)12-27)32-21-8-9-28-24(33)22(21)23(31-32)30-17-4-6-18(25)19(26)11-17/h4,6,11,13-16,20-23,29-31H,2-3,5,7-10H2,1H3,(H,28,33)/t13-,15+,16-,20-,21?,22?,23?/m0/s1. The van der Waals surface area contributed by atoms with Crippen LogP contribution in [0.1, 0.15) is 45.4 Å². The van der Waals surface area contributed by atoms with Crippen LogP contribution in [-0.4, -0.2) is 47.8 Å². The van der Waals surface area contributed by atoms with Crippen molar-refractivity contribution in [2.75, 3.05) is 11.9 Å². The number of carbonyl (C=O) groups excluding carboxylic acids is 1. The molecule has 7 atom stereocenters. The van der Waals surface area contributed by atoms with Crippen LogP contribution in [0.25, 0.3) is 0 Å². The molecular formula is C24H32ClFN6O. The van der Waals surface area contributed by atoms with Gasteiger partial charge in [0.2, 0.25) is 5.91 Å². The van der Waals surface area contributed by atoms with Gasteiger partial charge < -0.3 is 16.0 Å². The number of nitrogens with one attached hydrogen (secondary N) is 4. The molecule has 2 aliphatic heterocycles. The van der Waals surface area contributed by atoms with E-state index in [9.17, 15) is 14.4 Å². The van der Waals surface area contributed by atoms with Crippen LogP contribution in [0.5, 0.6) is 0 Å². The SMILES string of the molecule is C[C@H](N[C@H]1CC[C@H](N2NC(Nc3ccc(Cl)c(F)c3)C3C(=O)NCCC32)[C@@H](C#N)C1)C1CC1. The minimum atomic E-state index is -0.503. The van der Waals surface area contributed by atoms with Crippen LogP contribution in [0.15, 0.2) is 18.2 Å². The summed E-state index contributed by atoms with van der Waals surface area (Å²) in [6.07, 6.45) is 5.77. The smallest absolute Gasteiger partial charge is 0.228 e. The van der Waals surface area contributed by atoms with Gasteiger partial charge in [-0.15, -0.1) is 0 Å². The summed E-state index contributed by atoms with van der Waals surface area (Å²) < 4.78 is 14.0. The maximum Gasteiger partial charge on any atom is 0.228 e. The number of hydrogen-bond acceptors (Lipinski definition) is 6. The van der Waals surface area contributed by atoms with Gasteiger partial charge in [0, 0.05) is 36.4 Å². The van der Waals surface area contributed by atoms with E-state index in [1.807, 2.05) is 0 Å². The number of anilines is 1. The van der Waals surface area contributed by atoms with Gasteiger partial charge in [-0.2, -0.15) is 5.26 Å². The Morgan fingerprint density at radius 1 is 1.24 bits per heavy atom. The lowest BCUT2D eigenvalue weighted by Crippen LogP contribution is -2.56. The van der Waals surface area contributed by atoms with E-state index >= 15 is 0 Å². The van der Waals surface area contributed by atoms with E-state index in [1.165, 1.54) is 25.0 Å². The fourth-order valence-electron chi connectivity index (χ4n) is 5.95. The number of hydrogen-bond donors (Lipinski definition) is 4. The second-order valence-corrected chi connectivity index (χ2v) is 10.5. The molecule has 4 fully saturated rings. The summed E-state index contributed by atoms with van der Waals surface area (Å²) in [7, 11) is 0. The molecule has 1 aromatic rings. The molecule has 4 aliphatic rings. The minimum absolute atomic E-state index is 0.0101. The summed E-state index contributed by atoms with van der Waals surface area (Å²) in [4.78, 5) is 12.8. The Morgan fingerprint density at radius 3 is 2.79 bits per heavy atom. The van der Waals surface area contributed by atoms with E-state index in [0.29, 0.717) is 24.3 Å². The highest BCUT2D eigenvalue weighted by Gasteiger charge is 2.51. The van der Waals surface area contributed by atoms with Crippen molar-refractivity contribution in [3.8, 4) is 6.07 Å². The van der Waals surface area contributed by atoms with Crippen LogP contribution in [0.2, 0.25) is 5.02 Å². The van der Waals surface area contributed by atoms with E-state index in [-0.39, 0.29) is 41.0 Å². The van der Waals surface area contributed by atoms with Crippen LogP contribution < -0.4 is 21.4 Å². The summed E-state index contributed by atoms with van der Waals surface area (Å²) in [5, 5.41) is 22.3. The van der Waals surface area contributed by atoms with Gasteiger partial charge in [-0.25, -0.2) is 14.8 Å². The topological polar surface area (TPSA) is 92.2 Å². The normalized spacial score (nSPS) is 35.4. The lowest BCUT2D eigenvalue weighted by Gasteiger charge is -2.42. The molecule has 2 saturated carbocycles. The van der Waals surface area contributed by atoms with Crippen molar-refractivity contribution in [2.45, 2.75) is 75.8 Å². The molecule has 0 spiro atoms. The third-order valence-corrected chi connectivity index (χ3v) is 8.17. The lowest BCUT2D eigenvalue weighted by atomic mass is 9.80. The molecule has 7 nitrogen and oxygen atoms in total. The second-order valence-electron chi connectivity index (χ2n) is 10.1. The van der Waals surface area contributed by atoms with Gasteiger partial charge in [0.05, 0.1) is 22.9 Å². The molecule has 2 aliphatic carbocycles. The van der Waals surface area contributed by atoms with E-state index in [4.69, 9.17) is 11.6 Å². The van der Waals surface area contributed by atoms with Crippen molar-refractivity contribution in [2.24, 2.45) is 17.8 Å². The van der Waals surface area contributed by atoms with Crippen LogP contribution >= 0.6 is 11.6 Å². The Kier molecular flexibility index (Phi) is 6.49. The van der Waals surface area contributed by atoms with Crippen molar-refractivity contribution in [1.29, 1.82) is 5.26 Å². The number of nitrogens with zero attached hydrogens (tertiary/aromatic N) is 2. The molecule has 0 aromatic heterocycles. The Balaban J connectivity index is 1.31. The van der Waals surface area contributed by atoms with Gasteiger partial charge in [0.1, 0.15) is 12.0 Å². The molecule has 4 N–H and O–H groups in total. The predicted octanol–water partition coefficient (Wildman–Crippen LogP) is 2.99. The molecule has 2 heterocycles. The van der Waals surface area contributed by atoms with Crippen molar-refractivity contribution >= 4 is 23.2 Å². The number of carbonyl (C=O) groups is 1. The molecule has 3 unspecified atom stereocenters. The number of piperidine rings is 1. The van der Waals surface area contributed by atoms with Crippen molar-refractivity contribution < 1.29 is 9.18 Å². The second kappa shape index (κ2) is 9.38. The summed E-state index contributed by atoms with van der Waals surface area (Å²) in [6.45, 7) is 2.88. The largest absolute Gasteiger partial charge is 0.368 e. The van der Waals surface area contributed by atoms with E-state index < -0.39 is 5.82 Å².